The molecule has 0 fully saturated rings. The van der Waals surface area contributed by atoms with Crippen molar-refractivity contribution in [3.8, 4) is 11.1 Å². The smallest absolute Gasteiger partial charge is 0.407 e. The second-order valence-corrected chi connectivity index (χ2v) is 8.08. The van der Waals surface area contributed by atoms with E-state index in [0.717, 1.165) is 11.1 Å². The highest BCUT2D eigenvalue weighted by molar-refractivity contribution is 5.94. The van der Waals surface area contributed by atoms with Crippen LogP contribution in [0, 0.1) is 0 Å². The van der Waals surface area contributed by atoms with Crippen molar-refractivity contribution in [3.05, 3.63) is 60.2 Å². The number of carbonyl (C=O) groups excluding carboxylic acids is 3. The molecular weight excluding hydrogens is 394 g/mol. The fraction of sp³-hybridized carbons (Fsp3) is 0.375. The van der Waals surface area contributed by atoms with E-state index in [1.54, 1.807) is 32.9 Å². The summed E-state index contributed by atoms with van der Waals surface area (Å²) in [7, 11) is 0. The van der Waals surface area contributed by atoms with E-state index in [0.29, 0.717) is 25.1 Å². The van der Waals surface area contributed by atoms with Crippen LogP contribution >= 0.6 is 0 Å². The number of rotatable bonds is 9. The maximum Gasteiger partial charge on any atom is 0.407 e. The maximum absolute atomic E-state index is 12.2. The van der Waals surface area contributed by atoms with E-state index in [4.69, 9.17) is 4.74 Å². The van der Waals surface area contributed by atoms with Crippen molar-refractivity contribution in [1.29, 1.82) is 0 Å². The highest BCUT2D eigenvalue weighted by Gasteiger charge is 2.15. The molecule has 166 valence electrons. The molecule has 0 aliphatic rings. The minimum atomic E-state index is -0.569. The van der Waals surface area contributed by atoms with E-state index in [1.165, 1.54) is 0 Å². The van der Waals surface area contributed by atoms with Gasteiger partial charge in [-0.05, 0) is 50.5 Å². The third-order valence-electron chi connectivity index (χ3n) is 4.24. The summed E-state index contributed by atoms with van der Waals surface area (Å²) in [6, 6.07) is 17.4. The van der Waals surface area contributed by atoms with Gasteiger partial charge in [-0.1, -0.05) is 42.5 Å². The summed E-state index contributed by atoms with van der Waals surface area (Å²) in [5.74, 6) is -0.314. The van der Waals surface area contributed by atoms with Gasteiger partial charge >= 0.3 is 6.09 Å². The number of benzene rings is 2. The summed E-state index contributed by atoms with van der Waals surface area (Å²) in [5, 5.41) is 8.15. The van der Waals surface area contributed by atoms with Crippen molar-refractivity contribution in [3.63, 3.8) is 0 Å². The van der Waals surface area contributed by atoms with Crippen molar-refractivity contribution in [2.75, 3.05) is 19.6 Å². The SMILES string of the molecule is CC(C)(C)OC(=O)NCCC(=O)NCCCNC(=O)c1ccc(-c2ccccc2)cc1. The molecular formula is C24H31N3O4. The maximum atomic E-state index is 12.2. The molecule has 0 saturated carbocycles. The Morgan fingerprint density at radius 1 is 0.774 bits per heavy atom. The Hall–Kier alpha value is -3.35. The molecule has 0 unspecified atom stereocenters. The first-order chi connectivity index (χ1) is 14.7. The van der Waals surface area contributed by atoms with E-state index >= 15 is 0 Å². The first-order valence-corrected chi connectivity index (χ1v) is 10.4. The number of hydrogen-bond acceptors (Lipinski definition) is 4. The number of hydrogen-bond donors (Lipinski definition) is 3. The predicted molar refractivity (Wildman–Crippen MR) is 121 cm³/mol. The van der Waals surface area contributed by atoms with Crippen LogP contribution in [0.15, 0.2) is 54.6 Å². The summed E-state index contributed by atoms with van der Waals surface area (Å²) >= 11 is 0. The average Bonchev–Trinajstić information content (AvgIpc) is 2.73. The zero-order valence-corrected chi connectivity index (χ0v) is 18.4. The van der Waals surface area contributed by atoms with Crippen molar-refractivity contribution < 1.29 is 19.1 Å². The van der Waals surface area contributed by atoms with Crippen LogP contribution in [0.25, 0.3) is 11.1 Å². The minimum absolute atomic E-state index is 0.146. The van der Waals surface area contributed by atoms with Gasteiger partial charge in [0.1, 0.15) is 5.60 Å². The van der Waals surface area contributed by atoms with Gasteiger partial charge in [0, 0.05) is 31.6 Å². The van der Waals surface area contributed by atoms with E-state index < -0.39 is 11.7 Å². The molecule has 7 heteroatoms. The summed E-state index contributed by atoms with van der Waals surface area (Å²) < 4.78 is 5.10. The highest BCUT2D eigenvalue weighted by atomic mass is 16.6. The molecule has 0 spiro atoms. The van der Waals surface area contributed by atoms with Crippen molar-refractivity contribution in [1.82, 2.24) is 16.0 Å². The Balaban J connectivity index is 1.59. The third kappa shape index (κ3) is 9.33. The summed E-state index contributed by atoms with van der Waals surface area (Å²) in [5.41, 5.74) is 2.19. The van der Waals surface area contributed by atoms with Gasteiger partial charge < -0.3 is 20.7 Å². The molecule has 2 aromatic rings. The Bertz CT molecular complexity index is 859. The van der Waals surface area contributed by atoms with Gasteiger partial charge in [0.2, 0.25) is 5.91 Å². The molecule has 0 aromatic heterocycles. The van der Waals surface area contributed by atoms with E-state index in [-0.39, 0.29) is 24.8 Å². The molecule has 0 bridgehead atoms. The third-order valence-corrected chi connectivity index (χ3v) is 4.24. The zero-order chi connectivity index (χ0) is 22.7. The Morgan fingerprint density at radius 3 is 2.03 bits per heavy atom. The quantitative estimate of drug-likeness (QED) is 0.536. The molecule has 3 amide bonds. The minimum Gasteiger partial charge on any atom is -0.444 e. The van der Waals surface area contributed by atoms with Crippen LogP contribution < -0.4 is 16.0 Å². The van der Waals surface area contributed by atoms with Crippen LogP contribution in [-0.2, 0) is 9.53 Å². The van der Waals surface area contributed by atoms with Crippen LogP contribution in [0.2, 0.25) is 0 Å². The average molecular weight is 426 g/mol. The Labute approximate surface area is 183 Å². The fourth-order valence-corrected chi connectivity index (χ4v) is 2.75. The van der Waals surface area contributed by atoms with Crippen molar-refractivity contribution in [2.45, 2.75) is 39.2 Å². The van der Waals surface area contributed by atoms with Gasteiger partial charge in [-0.25, -0.2) is 4.79 Å². The van der Waals surface area contributed by atoms with Gasteiger partial charge in [0.25, 0.3) is 5.91 Å². The fourth-order valence-electron chi connectivity index (χ4n) is 2.75. The summed E-state index contributed by atoms with van der Waals surface area (Å²) in [6.45, 7) is 6.43. The molecule has 0 aliphatic carbocycles. The molecule has 2 aromatic carbocycles. The van der Waals surface area contributed by atoms with Gasteiger partial charge in [0.05, 0.1) is 0 Å². The molecule has 31 heavy (non-hydrogen) atoms. The van der Waals surface area contributed by atoms with Gasteiger partial charge in [-0.3, -0.25) is 9.59 Å². The zero-order valence-electron chi connectivity index (χ0n) is 18.4. The molecule has 3 N–H and O–H groups in total. The van der Waals surface area contributed by atoms with E-state index in [1.807, 2.05) is 42.5 Å². The van der Waals surface area contributed by atoms with Crippen molar-refractivity contribution >= 4 is 17.9 Å². The van der Waals surface area contributed by atoms with Crippen LogP contribution in [0.4, 0.5) is 4.79 Å². The largest absolute Gasteiger partial charge is 0.444 e. The van der Waals surface area contributed by atoms with Crippen LogP contribution in [0.5, 0.6) is 0 Å². The summed E-state index contributed by atoms with van der Waals surface area (Å²) in [6.07, 6.45) is 0.234. The standard InChI is InChI=1S/C24H31N3O4/c1-24(2,3)31-23(30)27-17-14-21(28)25-15-7-16-26-22(29)20-12-10-19(11-13-20)18-8-5-4-6-9-18/h4-6,8-13H,7,14-17H2,1-3H3,(H,25,28)(H,26,29)(H,27,30). The molecule has 0 atom stereocenters. The Kier molecular flexibility index (Phi) is 9.06. The Morgan fingerprint density at radius 2 is 1.39 bits per heavy atom. The topological polar surface area (TPSA) is 96.5 Å². The number of alkyl carbamates (subject to hydrolysis) is 1. The second kappa shape index (κ2) is 11.7. The monoisotopic (exact) mass is 425 g/mol. The van der Waals surface area contributed by atoms with Crippen LogP contribution in [-0.4, -0.2) is 43.1 Å². The number of nitrogens with one attached hydrogen (secondary N) is 3. The molecule has 7 nitrogen and oxygen atoms in total. The first kappa shape index (κ1) is 23.9. The molecule has 0 radical (unpaired) electrons. The number of amides is 3. The van der Waals surface area contributed by atoms with Gasteiger partial charge in [-0.2, -0.15) is 0 Å². The predicted octanol–water partition coefficient (Wildman–Crippen LogP) is 3.50. The van der Waals surface area contributed by atoms with Crippen LogP contribution in [0.3, 0.4) is 0 Å². The van der Waals surface area contributed by atoms with Gasteiger partial charge in [-0.15, -0.1) is 0 Å². The molecule has 0 saturated heterocycles. The first-order valence-electron chi connectivity index (χ1n) is 10.4. The molecule has 0 aliphatic heterocycles. The van der Waals surface area contributed by atoms with Gasteiger partial charge in [0.15, 0.2) is 0 Å². The van der Waals surface area contributed by atoms with Crippen LogP contribution in [0.1, 0.15) is 44.0 Å². The highest BCUT2D eigenvalue weighted by Crippen LogP contribution is 2.19. The summed E-state index contributed by atoms with van der Waals surface area (Å²) in [4.78, 5) is 35.5. The number of ether oxygens (including phenoxy) is 1. The second-order valence-electron chi connectivity index (χ2n) is 8.08. The lowest BCUT2D eigenvalue weighted by Crippen LogP contribution is -2.35. The van der Waals surface area contributed by atoms with E-state index in [9.17, 15) is 14.4 Å². The molecule has 2 rings (SSSR count). The number of carbonyl (C=O) groups is 3. The lowest BCUT2D eigenvalue weighted by Gasteiger charge is -2.19. The van der Waals surface area contributed by atoms with Crippen molar-refractivity contribution in [2.24, 2.45) is 0 Å². The molecule has 0 heterocycles. The lowest BCUT2D eigenvalue weighted by molar-refractivity contribution is -0.120. The lowest BCUT2D eigenvalue weighted by atomic mass is 10.0. The normalized spacial score (nSPS) is 10.8. The van der Waals surface area contributed by atoms with E-state index in [2.05, 4.69) is 16.0 Å².